The van der Waals surface area contributed by atoms with Gasteiger partial charge in [0.1, 0.15) is 11.6 Å². The SMILES string of the molecule is Nc1cncc(N2CCCCC2CO)n1. The Labute approximate surface area is 88.9 Å². The van der Waals surface area contributed by atoms with Crippen LogP contribution in [0.5, 0.6) is 0 Å². The van der Waals surface area contributed by atoms with Crippen LogP contribution in [0.15, 0.2) is 12.4 Å². The van der Waals surface area contributed by atoms with Gasteiger partial charge in [-0.15, -0.1) is 0 Å². The Bertz CT molecular complexity index is 331. The van der Waals surface area contributed by atoms with Crippen LogP contribution in [0, 0.1) is 0 Å². The molecule has 1 saturated heterocycles. The van der Waals surface area contributed by atoms with E-state index in [0.29, 0.717) is 5.82 Å². The quantitative estimate of drug-likeness (QED) is 0.736. The minimum atomic E-state index is 0.162. The summed E-state index contributed by atoms with van der Waals surface area (Å²) in [6, 6.07) is 0.162. The first-order valence-electron chi connectivity index (χ1n) is 5.26. The Hall–Kier alpha value is -1.36. The highest BCUT2D eigenvalue weighted by atomic mass is 16.3. The van der Waals surface area contributed by atoms with Gasteiger partial charge in [0.2, 0.25) is 0 Å². The van der Waals surface area contributed by atoms with Crippen molar-refractivity contribution >= 4 is 11.6 Å². The summed E-state index contributed by atoms with van der Waals surface area (Å²) in [5.74, 6) is 1.20. The van der Waals surface area contributed by atoms with Crippen LogP contribution in [0.2, 0.25) is 0 Å². The molecule has 1 aromatic heterocycles. The van der Waals surface area contributed by atoms with Crippen LogP contribution in [-0.2, 0) is 0 Å². The highest BCUT2D eigenvalue weighted by Gasteiger charge is 2.22. The molecule has 2 heterocycles. The predicted molar refractivity (Wildman–Crippen MR) is 58.5 cm³/mol. The maximum Gasteiger partial charge on any atom is 0.149 e. The molecule has 1 fully saturated rings. The molecule has 2 rings (SSSR count). The minimum absolute atomic E-state index is 0.162. The van der Waals surface area contributed by atoms with Crippen molar-refractivity contribution in [2.45, 2.75) is 25.3 Å². The molecular formula is C10H16N4O. The van der Waals surface area contributed by atoms with Gasteiger partial charge in [0.15, 0.2) is 0 Å². The van der Waals surface area contributed by atoms with Crippen molar-refractivity contribution in [2.24, 2.45) is 0 Å². The van der Waals surface area contributed by atoms with Gasteiger partial charge in [-0.1, -0.05) is 0 Å². The van der Waals surface area contributed by atoms with Crippen molar-refractivity contribution in [3.8, 4) is 0 Å². The van der Waals surface area contributed by atoms with E-state index in [1.54, 1.807) is 6.20 Å². The van der Waals surface area contributed by atoms with E-state index in [2.05, 4.69) is 14.9 Å². The van der Waals surface area contributed by atoms with Gasteiger partial charge in [-0.05, 0) is 19.3 Å². The van der Waals surface area contributed by atoms with Gasteiger partial charge >= 0.3 is 0 Å². The molecule has 5 heteroatoms. The Morgan fingerprint density at radius 2 is 2.33 bits per heavy atom. The van der Waals surface area contributed by atoms with E-state index in [1.807, 2.05) is 0 Å². The van der Waals surface area contributed by atoms with Gasteiger partial charge in [-0.25, -0.2) is 4.98 Å². The van der Waals surface area contributed by atoms with Crippen LogP contribution in [0.1, 0.15) is 19.3 Å². The molecule has 1 aliphatic rings. The molecule has 1 unspecified atom stereocenters. The van der Waals surface area contributed by atoms with E-state index >= 15 is 0 Å². The number of nitrogen functional groups attached to an aromatic ring is 1. The molecule has 5 nitrogen and oxygen atoms in total. The molecule has 1 aliphatic heterocycles. The topological polar surface area (TPSA) is 75.3 Å². The van der Waals surface area contributed by atoms with Crippen LogP contribution >= 0.6 is 0 Å². The average Bonchev–Trinajstić information content (AvgIpc) is 2.29. The normalized spacial score (nSPS) is 21.7. The highest BCUT2D eigenvalue weighted by Crippen LogP contribution is 2.22. The van der Waals surface area contributed by atoms with Gasteiger partial charge in [-0.2, -0.15) is 0 Å². The van der Waals surface area contributed by atoms with Crippen molar-refractivity contribution in [2.75, 3.05) is 23.8 Å². The molecule has 1 aromatic rings. The predicted octanol–water partition coefficient (Wildman–Crippen LogP) is 0.410. The lowest BCUT2D eigenvalue weighted by molar-refractivity contribution is 0.239. The van der Waals surface area contributed by atoms with E-state index in [1.165, 1.54) is 6.20 Å². The lowest BCUT2D eigenvalue weighted by Gasteiger charge is -2.35. The number of hydrogen-bond acceptors (Lipinski definition) is 5. The Kier molecular flexibility index (Phi) is 3.01. The Morgan fingerprint density at radius 1 is 1.47 bits per heavy atom. The standard InChI is InChI=1S/C10H16N4O/c11-9-5-12-6-10(13-9)14-4-2-1-3-8(14)7-15/h5-6,8,15H,1-4,7H2,(H2,11,13). The maximum absolute atomic E-state index is 9.27. The number of rotatable bonds is 2. The summed E-state index contributed by atoms with van der Waals surface area (Å²) in [5, 5.41) is 9.27. The molecule has 0 spiro atoms. The van der Waals surface area contributed by atoms with Crippen molar-refractivity contribution in [3.63, 3.8) is 0 Å². The van der Waals surface area contributed by atoms with E-state index in [-0.39, 0.29) is 12.6 Å². The zero-order valence-electron chi connectivity index (χ0n) is 8.63. The smallest absolute Gasteiger partial charge is 0.149 e. The first-order valence-corrected chi connectivity index (χ1v) is 5.26. The zero-order chi connectivity index (χ0) is 10.7. The molecule has 0 aliphatic carbocycles. The lowest BCUT2D eigenvalue weighted by atomic mass is 10.0. The first kappa shape index (κ1) is 10.2. The van der Waals surface area contributed by atoms with E-state index in [4.69, 9.17) is 5.73 Å². The summed E-state index contributed by atoms with van der Waals surface area (Å²) in [4.78, 5) is 10.3. The van der Waals surface area contributed by atoms with E-state index in [9.17, 15) is 5.11 Å². The van der Waals surface area contributed by atoms with Crippen LogP contribution in [0.4, 0.5) is 11.6 Å². The molecule has 0 amide bonds. The van der Waals surface area contributed by atoms with E-state index in [0.717, 1.165) is 31.6 Å². The molecule has 0 bridgehead atoms. The average molecular weight is 208 g/mol. The molecule has 3 N–H and O–H groups in total. The largest absolute Gasteiger partial charge is 0.394 e. The number of anilines is 2. The third kappa shape index (κ3) is 2.18. The van der Waals surface area contributed by atoms with Crippen LogP contribution in [-0.4, -0.2) is 34.3 Å². The molecule has 82 valence electrons. The van der Waals surface area contributed by atoms with Crippen molar-refractivity contribution in [1.82, 2.24) is 9.97 Å². The lowest BCUT2D eigenvalue weighted by Crippen LogP contribution is -2.42. The summed E-state index contributed by atoms with van der Waals surface area (Å²) in [6.07, 6.45) is 6.53. The van der Waals surface area contributed by atoms with Gasteiger partial charge in [0, 0.05) is 6.54 Å². The van der Waals surface area contributed by atoms with Crippen molar-refractivity contribution in [1.29, 1.82) is 0 Å². The van der Waals surface area contributed by atoms with Gasteiger partial charge in [0.25, 0.3) is 0 Å². The van der Waals surface area contributed by atoms with Gasteiger partial charge in [-0.3, -0.25) is 4.98 Å². The number of aromatic nitrogens is 2. The number of hydrogen-bond donors (Lipinski definition) is 2. The van der Waals surface area contributed by atoms with Gasteiger partial charge < -0.3 is 15.7 Å². The second-order valence-corrected chi connectivity index (χ2v) is 3.83. The summed E-state index contributed by atoms with van der Waals surface area (Å²) >= 11 is 0. The molecular weight excluding hydrogens is 192 g/mol. The molecule has 1 atom stereocenters. The molecule has 15 heavy (non-hydrogen) atoms. The molecule has 0 aromatic carbocycles. The fraction of sp³-hybridized carbons (Fsp3) is 0.600. The Morgan fingerprint density at radius 3 is 3.07 bits per heavy atom. The third-order valence-electron chi connectivity index (χ3n) is 2.77. The second-order valence-electron chi connectivity index (χ2n) is 3.83. The third-order valence-corrected chi connectivity index (χ3v) is 2.77. The fourth-order valence-electron chi connectivity index (χ4n) is 2.00. The highest BCUT2D eigenvalue weighted by molar-refractivity contribution is 5.42. The van der Waals surface area contributed by atoms with Crippen molar-refractivity contribution in [3.05, 3.63) is 12.4 Å². The number of aliphatic hydroxyl groups is 1. The van der Waals surface area contributed by atoms with Crippen LogP contribution in [0.3, 0.4) is 0 Å². The first-order chi connectivity index (χ1) is 7.31. The molecule has 0 radical (unpaired) electrons. The monoisotopic (exact) mass is 208 g/mol. The number of nitrogens with zero attached hydrogens (tertiary/aromatic N) is 3. The van der Waals surface area contributed by atoms with Crippen LogP contribution in [0.25, 0.3) is 0 Å². The number of piperidine rings is 1. The Balaban J connectivity index is 2.20. The number of nitrogens with two attached hydrogens (primary N) is 1. The minimum Gasteiger partial charge on any atom is -0.394 e. The second kappa shape index (κ2) is 4.44. The zero-order valence-corrected chi connectivity index (χ0v) is 8.63. The summed E-state index contributed by atoms with van der Waals surface area (Å²) < 4.78 is 0. The summed E-state index contributed by atoms with van der Waals surface area (Å²) in [7, 11) is 0. The summed E-state index contributed by atoms with van der Waals surface area (Å²) in [5.41, 5.74) is 5.59. The van der Waals surface area contributed by atoms with Crippen molar-refractivity contribution < 1.29 is 5.11 Å². The number of aliphatic hydroxyl groups excluding tert-OH is 1. The maximum atomic E-state index is 9.27. The van der Waals surface area contributed by atoms with E-state index < -0.39 is 0 Å². The van der Waals surface area contributed by atoms with Crippen LogP contribution < -0.4 is 10.6 Å². The summed E-state index contributed by atoms with van der Waals surface area (Å²) in [6.45, 7) is 1.08. The van der Waals surface area contributed by atoms with Gasteiger partial charge in [0.05, 0.1) is 25.0 Å². The molecule has 0 saturated carbocycles. The fourth-order valence-corrected chi connectivity index (χ4v) is 2.00.